The average Bonchev–Trinajstić information content (AvgIpc) is 3.46. The van der Waals surface area contributed by atoms with Gasteiger partial charge in [0.1, 0.15) is 11.5 Å². The lowest BCUT2D eigenvalue weighted by Crippen LogP contribution is -2.07. The first kappa shape index (κ1) is 21.7. The molecule has 0 aliphatic heterocycles. The molecule has 1 N–H and O–H groups in total. The Morgan fingerprint density at radius 3 is 2.71 bits per heavy atom. The second-order valence-corrected chi connectivity index (χ2v) is 8.22. The van der Waals surface area contributed by atoms with E-state index in [2.05, 4.69) is 15.3 Å². The first-order chi connectivity index (χ1) is 16.5. The average molecular weight is 470 g/mol. The van der Waals surface area contributed by atoms with Crippen LogP contribution in [0.5, 0.6) is 0 Å². The van der Waals surface area contributed by atoms with Crippen molar-refractivity contribution in [1.29, 1.82) is 0 Å². The molecule has 0 spiro atoms. The van der Waals surface area contributed by atoms with Gasteiger partial charge >= 0.3 is 0 Å². The number of fused-ring (bicyclic) bond motifs is 1. The van der Waals surface area contributed by atoms with Crippen LogP contribution in [0.3, 0.4) is 0 Å². The quantitative estimate of drug-likeness (QED) is 0.278. The third-order valence-corrected chi connectivity index (χ3v) is 5.86. The van der Waals surface area contributed by atoms with Gasteiger partial charge in [0.15, 0.2) is 11.2 Å². The fraction of sp³-hybridized carbons (Fsp3) is 0.0741. The monoisotopic (exact) mass is 469 g/mol. The molecular weight excluding hydrogens is 450 g/mol. The predicted octanol–water partition coefficient (Wildman–Crippen LogP) is 7.07. The largest absolute Gasteiger partial charge is 0.457 e. The maximum atomic E-state index is 12.4. The van der Waals surface area contributed by atoms with Crippen molar-refractivity contribution in [3.8, 4) is 22.8 Å². The Morgan fingerprint density at radius 1 is 1.00 bits per heavy atom. The summed E-state index contributed by atoms with van der Waals surface area (Å²) in [7, 11) is 0. The summed E-state index contributed by atoms with van der Waals surface area (Å²) in [5, 5.41) is 3.55. The molecule has 0 radical (unpaired) electrons. The van der Waals surface area contributed by atoms with E-state index in [4.69, 9.17) is 20.4 Å². The summed E-state index contributed by atoms with van der Waals surface area (Å²) >= 11 is 6.20. The van der Waals surface area contributed by atoms with E-state index >= 15 is 0 Å². The van der Waals surface area contributed by atoms with E-state index in [9.17, 15) is 4.79 Å². The first-order valence-corrected chi connectivity index (χ1v) is 11.0. The van der Waals surface area contributed by atoms with Gasteiger partial charge in [0, 0.05) is 34.1 Å². The fourth-order valence-corrected chi connectivity index (χ4v) is 3.84. The number of aromatic nitrogens is 2. The van der Waals surface area contributed by atoms with Crippen LogP contribution in [0.15, 0.2) is 81.8 Å². The maximum Gasteiger partial charge on any atom is 0.248 e. The molecule has 5 rings (SSSR count). The third-order valence-electron chi connectivity index (χ3n) is 5.45. The third kappa shape index (κ3) is 4.36. The molecule has 0 fully saturated rings. The minimum absolute atomic E-state index is 0.268. The van der Waals surface area contributed by atoms with Crippen molar-refractivity contribution in [2.75, 3.05) is 5.32 Å². The molecular formula is C27H20ClN3O3. The van der Waals surface area contributed by atoms with Crippen LogP contribution in [0, 0.1) is 13.8 Å². The summed E-state index contributed by atoms with van der Waals surface area (Å²) in [5.74, 6) is 1.49. The molecule has 0 saturated heterocycles. The number of anilines is 1. The van der Waals surface area contributed by atoms with Crippen molar-refractivity contribution in [1.82, 2.24) is 9.97 Å². The molecule has 0 aliphatic rings. The molecule has 7 heteroatoms. The molecule has 2 aromatic carbocycles. The van der Waals surface area contributed by atoms with Gasteiger partial charge in [0.2, 0.25) is 11.8 Å². The Balaban J connectivity index is 1.28. The van der Waals surface area contributed by atoms with Crippen molar-refractivity contribution >= 4 is 40.5 Å². The van der Waals surface area contributed by atoms with Crippen LogP contribution >= 0.6 is 11.6 Å². The van der Waals surface area contributed by atoms with E-state index in [1.807, 2.05) is 68.4 Å². The second-order valence-electron chi connectivity index (χ2n) is 7.81. The fourth-order valence-electron chi connectivity index (χ4n) is 3.67. The number of hydrogen-bond donors (Lipinski definition) is 1. The van der Waals surface area contributed by atoms with Crippen LogP contribution in [0.25, 0.3) is 40.1 Å². The lowest BCUT2D eigenvalue weighted by molar-refractivity contribution is -0.111. The molecule has 34 heavy (non-hydrogen) atoms. The molecule has 0 saturated carbocycles. The number of benzene rings is 2. The number of rotatable bonds is 5. The molecule has 1 amide bonds. The summed E-state index contributed by atoms with van der Waals surface area (Å²) in [4.78, 5) is 21.1. The highest BCUT2D eigenvalue weighted by Gasteiger charge is 2.12. The van der Waals surface area contributed by atoms with Crippen molar-refractivity contribution < 1.29 is 13.6 Å². The van der Waals surface area contributed by atoms with Crippen molar-refractivity contribution in [3.63, 3.8) is 0 Å². The smallest absolute Gasteiger partial charge is 0.248 e. The Kier molecular flexibility index (Phi) is 5.74. The molecule has 0 unspecified atom stereocenters. The number of halogens is 1. The number of carbonyl (C=O) groups excluding carboxylic acids is 1. The van der Waals surface area contributed by atoms with Gasteiger partial charge in [0.05, 0.1) is 0 Å². The van der Waals surface area contributed by atoms with Crippen LogP contribution in [0.4, 0.5) is 5.69 Å². The molecule has 5 aromatic rings. The number of furan rings is 1. The maximum absolute atomic E-state index is 12.4. The van der Waals surface area contributed by atoms with E-state index in [0.29, 0.717) is 39.4 Å². The van der Waals surface area contributed by atoms with Gasteiger partial charge in [-0.25, -0.2) is 4.98 Å². The van der Waals surface area contributed by atoms with Crippen molar-refractivity contribution in [2.45, 2.75) is 13.8 Å². The Bertz CT molecular complexity index is 1520. The molecule has 0 aliphatic carbocycles. The summed E-state index contributed by atoms with van der Waals surface area (Å²) in [6.45, 7) is 3.88. The van der Waals surface area contributed by atoms with E-state index in [0.717, 1.165) is 22.3 Å². The molecule has 3 aromatic heterocycles. The van der Waals surface area contributed by atoms with Crippen LogP contribution < -0.4 is 5.32 Å². The molecule has 0 atom stereocenters. The number of hydrogen-bond acceptors (Lipinski definition) is 5. The number of aryl methyl sites for hydroxylation is 1. The zero-order valence-corrected chi connectivity index (χ0v) is 19.3. The number of pyridine rings is 1. The van der Waals surface area contributed by atoms with Gasteiger partial charge in [-0.05, 0) is 79.6 Å². The molecule has 168 valence electrons. The number of amides is 1. The highest BCUT2D eigenvalue weighted by atomic mass is 35.5. The van der Waals surface area contributed by atoms with Crippen LogP contribution in [0.1, 0.15) is 16.9 Å². The van der Waals surface area contributed by atoms with E-state index < -0.39 is 0 Å². The Labute approximate surface area is 200 Å². The minimum atomic E-state index is -0.268. The minimum Gasteiger partial charge on any atom is -0.457 e. The van der Waals surface area contributed by atoms with Gasteiger partial charge in [-0.2, -0.15) is 4.98 Å². The number of nitrogens with one attached hydrogen (secondary N) is 1. The topological polar surface area (TPSA) is 81.2 Å². The SMILES string of the molecule is Cc1cc(NC(=O)/C=C/c2ccc(-c3cccc(Cl)c3C)o2)ccc1-c1nc2ncccc2o1. The van der Waals surface area contributed by atoms with E-state index in [1.165, 1.54) is 6.08 Å². The van der Waals surface area contributed by atoms with Gasteiger partial charge in [-0.3, -0.25) is 4.79 Å². The Morgan fingerprint density at radius 2 is 1.88 bits per heavy atom. The summed E-state index contributed by atoms with van der Waals surface area (Å²) in [6.07, 6.45) is 4.74. The lowest BCUT2D eigenvalue weighted by Gasteiger charge is -2.06. The number of nitrogens with zero attached hydrogens (tertiary/aromatic N) is 2. The summed E-state index contributed by atoms with van der Waals surface area (Å²) < 4.78 is 11.7. The normalized spacial score (nSPS) is 11.4. The van der Waals surface area contributed by atoms with Gasteiger partial charge in [-0.15, -0.1) is 0 Å². The standard InChI is InChI=1S/C27H20ClN3O3/c1-16-15-18(8-11-20(16)27-31-26-24(34-27)7-4-14-29-26)30-25(32)13-10-19-9-12-23(33-19)21-5-3-6-22(28)17(21)2/h3-15H,1-2H3,(H,30,32)/b13-10+. The summed E-state index contributed by atoms with van der Waals surface area (Å²) in [6, 6.07) is 18.5. The highest BCUT2D eigenvalue weighted by molar-refractivity contribution is 6.31. The second kappa shape index (κ2) is 9.00. The number of carbonyl (C=O) groups is 1. The summed E-state index contributed by atoms with van der Waals surface area (Å²) in [5.41, 5.74) is 5.48. The predicted molar refractivity (Wildman–Crippen MR) is 134 cm³/mol. The molecule has 6 nitrogen and oxygen atoms in total. The Hall–Kier alpha value is -4.16. The zero-order valence-electron chi connectivity index (χ0n) is 18.5. The number of oxazole rings is 1. The molecule has 3 heterocycles. The first-order valence-electron chi connectivity index (χ1n) is 10.6. The van der Waals surface area contributed by atoms with E-state index in [1.54, 1.807) is 18.3 Å². The zero-order chi connectivity index (χ0) is 23.7. The van der Waals surface area contributed by atoms with Crippen LogP contribution in [-0.2, 0) is 4.79 Å². The van der Waals surface area contributed by atoms with Crippen LogP contribution in [-0.4, -0.2) is 15.9 Å². The van der Waals surface area contributed by atoms with Gasteiger partial charge in [-0.1, -0.05) is 23.7 Å². The van der Waals surface area contributed by atoms with E-state index in [-0.39, 0.29) is 5.91 Å². The van der Waals surface area contributed by atoms with Gasteiger partial charge < -0.3 is 14.2 Å². The van der Waals surface area contributed by atoms with Crippen molar-refractivity contribution in [3.05, 3.63) is 94.8 Å². The lowest BCUT2D eigenvalue weighted by atomic mass is 10.1. The molecule has 0 bridgehead atoms. The van der Waals surface area contributed by atoms with Gasteiger partial charge in [0.25, 0.3) is 0 Å². The van der Waals surface area contributed by atoms with Crippen LogP contribution in [0.2, 0.25) is 5.02 Å². The highest BCUT2D eigenvalue weighted by Crippen LogP contribution is 2.30. The van der Waals surface area contributed by atoms with Crippen molar-refractivity contribution in [2.24, 2.45) is 0 Å².